The predicted molar refractivity (Wildman–Crippen MR) is 92.1 cm³/mol. The average Bonchev–Trinajstić information content (AvgIpc) is 2.85. The Morgan fingerprint density at radius 1 is 1.20 bits per heavy atom. The van der Waals surface area contributed by atoms with Crippen molar-refractivity contribution in [3.8, 4) is 23.0 Å². The van der Waals surface area contributed by atoms with E-state index in [-0.39, 0.29) is 18.1 Å². The summed E-state index contributed by atoms with van der Waals surface area (Å²) in [6.07, 6.45) is 1.97. The van der Waals surface area contributed by atoms with Crippen LogP contribution in [-0.2, 0) is 12.0 Å². The molecule has 130 valence electrons. The minimum atomic E-state index is -1.32. The zero-order valence-corrected chi connectivity index (χ0v) is 14.1. The molecule has 0 bridgehead atoms. The lowest BCUT2D eigenvalue weighted by Gasteiger charge is -2.35. The molecule has 0 fully saturated rings. The van der Waals surface area contributed by atoms with Gasteiger partial charge in [-0.05, 0) is 44.0 Å². The number of aromatic hydroxyl groups is 2. The third-order valence-corrected chi connectivity index (χ3v) is 4.78. The Morgan fingerprint density at radius 2 is 2.00 bits per heavy atom. The van der Waals surface area contributed by atoms with E-state index < -0.39 is 11.7 Å². The molecule has 2 aromatic rings. The number of ether oxygens (including phenoxy) is 2. The fraction of sp³-hybridized carbons (Fsp3) is 0.300. The average molecular weight is 340 g/mol. The van der Waals surface area contributed by atoms with Gasteiger partial charge in [-0.25, -0.2) is 0 Å². The summed E-state index contributed by atoms with van der Waals surface area (Å²) in [5.74, 6) is 1.19. The van der Waals surface area contributed by atoms with Crippen LogP contribution in [0.3, 0.4) is 0 Å². The van der Waals surface area contributed by atoms with Crippen LogP contribution in [0.4, 0.5) is 0 Å². The van der Waals surface area contributed by atoms with Crippen molar-refractivity contribution in [1.82, 2.24) is 0 Å². The highest BCUT2D eigenvalue weighted by atomic mass is 16.5. The lowest BCUT2D eigenvalue weighted by atomic mass is 9.84. The molecule has 0 radical (unpaired) electrons. The molecule has 5 heteroatoms. The number of benzene rings is 2. The maximum absolute atomic E-state index is 11.2. The van der Waals surface area contributed by atoms with Gasteiger partial charge >= 0.3 is 0 Å². The van der Waals surface area contributed by atoms with Gasteiger partial charge in [0.25, 0.3) is 0 Å². The van der Waals surface area contributed by atoms with E-state index in [1.54, 1.807) is 12.1 Å². The molecule has 0 amide bonds. The summed E-state index contributed by atoms with van der Waals surface area (Å²) in [5, 5.41) is 31.1. The Hall–Kier alpha value is -2.66. The first-order chi connectivity index (χ1) is 11.9. The molecule has 0 unspecified atom stereocenters. The molecule has 2 heterocycles. The molecule has 2 aliphatic heterocycles. The van der Waals surface area contributed by atoms with E-state index in [1.165, 1.54) is 12.1 Å². The first-order valence-electron chi connectivity index (χ1n) is 8.23. The Morgan fingerprint density at radius 3 is 2.76 bits per heavy atom. The fourth-order valence-corrected chi connectivity index (χ4v) is 3.43. The van der Waals surface area contributed by atoms with Crippen molar-refractivity contribution < 1.29 is 24.8 Å². The highest BCUT2D eigenvalue weighted by Crippen LogP contribution is 2.54. The zero-order valence-electron chi connectivity index (χ0n) is 14.1. The van der Waals surface area contributed by atoms with Crippen molar-refractivity contribution in [3.05, 3.63) is 58.7 Å². The quantitative estimate of drug-likeness (QED) is 0.731. The SMILES string of the molecule is CC(C)=CCc1cc2c(cc1O)OC[C@@]1(O)c3ccc(O)cc3O[C@@H]21. The van der Waals surface area contributed by atoms with E-state index in [0.29, 0.717) is 29.0 Å². The van der Waals surface area contributed by atoms with E-state index in [4.69, 9.17) is 9.47 Å². The molecule has 3 N–H and O–H groups in total. The fourth-order valence-electron chi connectivity index (χ4n) is 3.43. The number of hydrogen-bond donors (Lipinski definition) is 3. The monoisotopic (exact) mass is 340 g/mol. The van der Waals surface area contributed by atoms with Crippen LogP contribution in [0.15, 0.2) is 42.0 Å². The number of phenolic OH excluding ortho intramolecular Hbond substituents is 2. The summed E-state index contributed by atoms with van der Waals surface area (Å²) < 4.78 is 11.7. The number of fused-ring (bicyclic) bond motifs is 5. The number of phenols is 2. The van der Waals surface area contributed by atoms with Gasteiger partial charge in [-0.15, -0.1) is 0 Å². The van der Waals surface area contributed by atoms with Crippen LogP contribution in [0.5, 0.6) is 23.0 Å². The highest BCUT2D eigenvalue weighted by molar-refractivity contribution is 5.55. The van der Waals surface area contributed by atoms with Crippen LogP contribution < -0.4 is 9.47 Å². The molecule has 25 heavy (non-hydrogen) atoms. The molecule has 5 nitrogen and oxygen atoms in total. The van der Waals surface area contributed by atoms with Gasteiger partial charge in [-0.3, -0.25) is 0 Å². The van der Waals surface area contributed by atoms with E-state index in [2.05, 4.69) is 0 Å². The molecule has 0 aliphatic carbocycles. The van der Waals surface area contributed by atoms with Gasteiger partial charge in [0.1, 0.15) is 29.6 Å². The lowest BCUT2D eigenvalue weighted by Crippen LogP contribution is -2.41. The van der Waals surface area contributed by atoms with E-state index in [9.17, 15) is 15.3 Å². The molecule has 2 aromatic carbocycles. The third kappa shape index (κ3) is 2.43. The van der Waals surface area contributed by atoms with Crippen LogP contribution in [0, 0.1) is 0 Å². The van der Waals surface area contributed by atoms with Gasteiger partial charge in [-0.2, -0.15) is 0 Å². The lowest BCUT2D eigenvalue weighted by molar-refractivity contribution is -0.0864. The van der Waals surface area contributed by atoms with E-state index in [0.717, 1.165) is 11.1 Å². The Bertz CT molecular complexity index is 882. The molecular weight excluding hydrogens is 320 g/mol. The van der Waals surface area contributed by atoms with Gasteiger partial charge in [-0.1, -0.05) is 11.6 Å². The van der Waals surface area contributed by atoms with Crippen molar-refractivity contribution >= 4 is 0 Å². The molecule has 2 atom stereocenters. The van der Waals surface area contributed by atoms with Crippen molar-refractivity contribution in [2.24, 2.45) is 0 Å². The van der Waals surface area contributed by atoms with Gasteiger partial charge in [0.15, 0.2) is 11.7 Å². The second-order valence-electron chi connectivity index (χ2n) is 6.90. The van der Waals surface area contributed by atoms with Crippen LogP contribution >= 0.6 is 0 Å². The predicted octanol–water partition coefficient (Wildman–Crippen LogP) is 3.32. The largest absolute Gasteiger partial charge is 0.508 e. The van der Waals surface area contributed by atoms with E-state index in [1.807, 2.05) is 26.0 Å². The van der Waals surface area contributed by atoms with Crippen molar-refractivity contribution in [2.45, 2.75) is 32.0 Å². The summed E-state index contributed by atoms with van der Waals surface area (Å²) in [4.78, 5) is 0. The second kappa shape index (κ2) is 5.43. The first-order valence-corrected chi connectivity index (χ1v) is 8.23. The summed E-state index contributed by atoms with van der Waals surface area (Å²) >= 11 is 0. The standard InChI is InChI=1S/C20H20O5/c1-11(2)3-4-12-7-14-17(9-16(12)22)24-10-20(23)15-6-5-13(21)8-18(15)25-19(14)20/h3,5-9,19,21-23H,4,10H2,1-2H3/t19-,20+/m0/s1. The van der Waals surface area contributed by atoms with Gasteiger partial charge in [0.05, 0.1) is 0 Å². The highest BCUT2D eigenvalue weighted by Gasteiger charge is 2.53. The smallest absolute Gasteiger partial charge is 0.168 e. The summed E-state index contributed by atoms with van der Waals surface area (Å²) in [6.45, 7) is 4.02. The summed E-state index contributed by atoms with van der Waals surface area (Å²) in [6, 6.07) is 8.08. The molecule has 0 saturated carbocycles. The van der Waals surface area contributed by atoms with Crippen LogP contribution in [-0.4, -0.2) is 21.9 Å². The Labute approximate surface area is 145 Å². The third-order valence-electron chi connectivity index (χ3n) is 4.78. The second-order valence-corrected chi connectivity index (χ2v) is 6.90. The van der Waals surface area contributed by atoms with Crippen LogP contribution in [0.1, 0.15) is 36.6 Å². The summed E-state index contributed by atoms with van der Waals surface area (Å²) in [5.41, 5.74) is 1.88. The number of aliphatic hydroxyl groups is 1. The van der Waals surface area contributed by atoms with Gasteiger partial charge < -0.3 is 24.8 Å². The molecular formula is C20H20O5. The molecule has 0 aromatic heterocycles. The van der Waals surface area contributed by atoms with Gasteiger partial charge in [0, 0.05) is 23.3 Å². The maximum atomic E-state index is 11.2. The van der Waals surface area contributed by atoms with Crippen molar-refractivity contribution in [1.29, 1.82) is 0 Å². The Kier molecular flexibility index (Phi) is 3.44. The normalized spacial score (nSPS) is 22.9. The summed E-state index contributed by atoms with van der Waals surface area (Å²) in [7, 11) is 0. The topological polar surface area (TPSA) is 79.2 Å². The Balaban J connectivity index is 1.79. The minimum absolute atomic E-state index is 0.0230. The van der Waals surface area contributed by atoms with Gasteiger partial charge in [0.2, 0.25) is 0 Å². The molecule has 0 saturated heterocycles. The maximum Gasteiger partial charge on any atom is 0.168 e. The molecule has 4 rings (SSSR count). The number of allylic oxidation sites excluding steroid dienone is 2. The first kappa shape index (κ1) is 15.8. The van der Waals surface area contributed by atoms with Crippen LogP contribution in [0.25, 0.3) is 0 Å². The number of hydrogen-bond acceptors (Lipinski definition) is 5. The van der Waals surface area contributed by atoms with Crippen LogP contribution in [0.2, 0.25) is 0 Å². The van der Waals surface area contributed by atoms with Crippen molar-refractivity contribution in [3.63, 3.8) is 0 Å². The zero-order chi connectivity index (χ0) is 17.8. The minimum Gasteiger partial charge on any atom is -0.508 e. The molecule has 0 spiro atoms. The van der Waals surface area contributed by atoms with E-state index >= 15 is 0 Å². The van der Waals surface area contributed by atoms with Crippen molar-refractivity contribution in [2.75, 3.05) is 6.61 Å². The number of rotatable bonds is 2. The molecule has 2 aliphatic rings.